The van der Waals surface area contributed by atoms with Crippen molar-refractivity contribution >= 4 is 5.52 Å². The standard InChI is InChI=1S/C10H14N4/c1-7(2)10-13-8(5-11)9-6-12-3-4-14(9)10/h3-4,6-7H,5,11H2,1-2H3. The van der Waals surface area contributed by atoms with Crippen LogP contribution in [0, 0.1) is 0 Å². The Morgan fingerprint density at radius 3 is 2.93 bits per heavy atom. The van der Waals surface area contributed by atoms with Crippen LogP contribution in [0.3, 0.4) is 0 Å². The van der Waals surface area contributed by atoms with Crippen LogP contribution in [0.15, 0.2) is 18.6 Å². The summed E-state index contributed by atoms with van der Waals surface area (Å²) in [6.07, 6.45) is 5.50. The molecule has 0 unspecified atom stereocenters. The van der Waals surface area contributed by atoms with Gasteiger partial charge >= 0.3 is 0 Å². The Labute approximate surface area is 82.8 Å². The summed E-state index contributed by atoms with van der Waals surface area (Å²) >= 11 is 0. The van der Waals surface area contributed by atoms with Crippen molar-refractivity contribution in [2.75, 3.05) is 0 Å². The van der Waals surface area contributed by atoms with Gasteiger partial charge < -0.3 is 10.1 Å². The third kappa shape index (κ3) is 1.28. The summed E-state index contributed by atoms with van der Waals surface area (Å²) < 4.78 is 2.06. The molecule has 0 radical (unpaired) electrons. The van der Waals surface area contributed by atoms with Gasteiger partial charge in [-0.25, -0.2) is 4.98 Å². The summed E-state index contributed by atoms with van der Waals surface area (Å²) in [5.41, 5.74) is 7.56. The predicted molar refractivity (Wildman–Crippen MR) is 55.0 cm³/mol. The second kappa shape index (κ2) is 3.38. The molecular formula is C10H14N4. The average molecular weight is 190 g/mol. The van der Waals surface area contributed by atoms with Gasteiger partial charge in [0, 0.05) is 24.9 Å². The highest BCUT2D eigenvalue weighted by molar-refractivity contribution is 5.51. The third-order valence-electron chi connectivity index (χ3n) is 2.26. The predicted octanol–water partition coefficient (Wildman–Crippen LogP) is 1.31. The van der Waals surface area contributed by atoms with Gasteiger partial charge in [0.2, 0.25) is 0 Å². The molecule has 0 atom stereocenters. The molecular weight excluding hydrogens is 176 g/mol. The quantitative estimate of drug-likeness (QED) is 0.776. The van der Waals surface area contributed by atoms with Crippen molar-refractivity contribution in [2.45, 2.75) is 26.3 Å². The van der Waals surface area contributed by atoms with Gasteiger partial charge in [-0.05, 0) is 0 Å². The number of hydrogen-bond acceptors (Lipinski definition) is 3. The van der Waals surface area contributed by atoms with Crippen molar-refractivity contribution in [3.8, 4) is 0 Å². The maximum atomic E-state index is 5.63. The van der Waals surface area contributed by atoms with Gasteiger partial charge in [0.1, 0.15) is 5.82 Å². The zero-order chi connectivity index (χ0) is 10.1. The minimum atomic E-state index is 0.394. The van der Waals surface area contributed by atoms with Crippen molar-refractivity contribution in [3.05, 3.63) is 30.1 Å². The van der Waals surface area contributed by atoms with E-state index in [4.69, 9.17) is 5.73 Å². The molecule has 0 spiro atoms. The topological polar surface area (TPSA) is 56.2 Å². The van der Waals surface area contributed by atoms with Crippen molar-refractivity contribution < 1.29 is 0 Å². The first-order chi connectivity index (χ1) is 6.74. The molecule has 0 amide bonds. The fourth-order valence-electron chi connectivity index (χ4n) is 1.58. The van der Waals surface area contributed by atoms with E-state index in [1.165, 1.54) is 0 Å². The summed E-state index contributed by atoms with van der Waals surface area (Å²) in [4.78, 5) is 8.58. The molecule has 0 fully saturated rings. The van der Waals surface area contributed by atoms with Gasteiger partial charge in [-0.15, -0.1) is 0 Å². The molecule has 0 aliphatic heterocycles. The van der Waals surface area contributed by atoms with E-state index in [1.54, 1.807) is 12.4 Å². The molecule has 2 N–H and O–H groups in total. The summed E-state index contributed by atoms with van der Waals surface area (Å²) in [5, 5.41) is 0. The molecule has 4 heteroatoms. The smallest absolute Gasteiger partial charge is 0.116 e. The van der Waals surface area contributed by atoms with E-state index >= 15 is 0 Å². The zero-order valence-corrected chi connectivity index (χ0v) is 8.44. The number of aromatic nitrogens is 3. The summed E-state index contributed by atoms with van der Waals surface area (Å²) in [7, 11) is 0. The largest absolute Gasteiger partial charge is 0.325 e. The first-order valence-corrected chi connectivity index (χ1v) is 4.75. The molecule has 2 rings (SSSR count). The second-order valence-corrected chi connectivity index (χ2v) is 3.61. The Kier molecular flexibility index (Phi) is 2.21. The van der Waals surface area contributed by atoms with E-state index in [2.05, 4.69) is 28.2 Å². The maximum Gasteiger partial charge on any atom is 0.116 e. The van der Waals surface area contributed by atoms with Gasteiger partial charge in [0.25, 0.3) is 0 Å². The van der Waals surface area contributed by atoms with E-state index in [9.17, 15) is 0 Å². The summed E-state index contributed by atoms with van der Waals surface area (Å²) in [5.74, 6) is 1.44. The normalized spacial score (nSPS) is 11.4. The highest BCUT2D eigenvalue weighted by atomic mass is 15.0. The summed E-state index contributed by atoms with van der Waals surface area (Å²) in [6, 6.07) is 0. The lowest BCUT2D eigenvalue weighted by Crippen LogP contribution is -1.97. The van der Waals surface area contributed by atoms with Gasteiger partial charge in [-0.3, -0.25) is 4.98 Å². The van der Waals surface area contributed by atoms with E-state index in [0.29, 0.717) is 12.5 Å². The fourth-order valence-corrected chi connectivity index (χ4v) is 1.58. The van der Waals surface area contributed by atoms with E-state index in [-0.39, 0.29) is 0 Å². The highest BCUT2D eigenvalue weighted by Crippen LogP contribution is 2.17. The number of fused-ring (bicyclic) bond motifs is 1. The molecule has 2 aromatic rings. The average Bonchev–Trinajstić information content (AvgIpc) is 2.56. The van der Waals surface area contributed by atoms with Crippen LogP contribution >= 0.6 is 0 Å². The van der Waals surface area contributed by atoms with E-state index < -0.39 is 0 Å². The minimum absolute atomic E-state index is 0.394. The molecule has 74 valence electrons. The van der Waals surface area contributed by atoms with E-state index in [0.717, 1.165) is 17.0 Å². The number of rotatable bonds is 2. The highest BCUT2D eigenvalue weighted by Gasteiger charge is 2.11. The number of imidazole rings is 1. The molecule has 14 heavy (non-hydrogen) atoms. The molecule has 0 bridgehead atoms. The van der Waals surface area contributed by atoms with Crippen molar-refractivity contribution in [2.24, 2.45) is 5.73 Å². The van der Waals surface area contributed by atoms with Crippen LogP contribution < -0.4 is 5.73 Å². The van der Waals surface area contributed by atoms with Crippen LogP contribution in [0.5, 0.6) is 0 Å². The molecule has 0 aliphatic carbocycles. The second-order valence-electron chi connectivity index (χ2n) is 3.61. The van der Waals surface area contributed by atoms with Crippen LogP contribution in [0.2, 0.25) is 0 Å². The summed E-state index contributed by atoms with van der Waals surface area (Å²) in [6.45, 7) is 4.70. The van der Waals surface area contributed by atoms with Crippen LogP contribution in [0.25, 0.3) is 5.52 Å². The molecule has 0 aromatic carbocycles. The van der Waals surface area contributed by atoms with Crippen LogP contribution in [0.1, 0.15) is 31.3 Å². The van der Waals surface area contributed by atoms with Gasteiger partial charge in [0.05, 0.1) is 17.4 Å². The Hall–Kier alpha value is -1.42. The number of nitrogens with zero attached hydrogens (tertiary/aromatic N) is 3. The van der Waals surface area contributed by atoms with Crippen LogP contribution in [-0.4, -0.2) is 14.4 Å². The van der Waals surface area contributed by atoms with Gasteiger partial charge in [-0.1, -0.05) is 13.8 Å². The molecule has 2 aromatic heterocycles. The molecule has 0 aliphatic rings. The molecule has 2 heterocycles. The van der Waals surface area contributed by atoms with Crippen molar-refractivity contribution in [3.63, 3.8) is 0 Å². The SMILES string of the molecule is CC(C)c1nc(CN)c2cnccn12. The number of nitrogens with two attached hydrogens (primary N) is 1. The van der Waals surface area contributed by atoms with Crippen LogP contribution in [-0.2, 0) is 6.54 Å². The molecule has 0 saturated heterocycles. The monoisotopic (exact) mass is 190 g/mol. The van der Waals surface area contributed by atoms with Gasteiger partial charge in [-0.2, -0.15) is 0 Å². The zero-order valence-electron chi connectivity index (χ0n) is 8.44. The minimum Gasteiger partial charge on any atom is -0.325 e. The molecule has 0 saturated carbocycles. The lowest BCUT2D eigenvalue weighted by atomic mass is 10.2. The maximum absolute atomic E-state index is 5.63. The fraction of sp³-hybridized carbons (Fsp3) is 0.400. The Balaban J connectivity index is 2.73. The Morgan fingerprint density at radius 2 is 2.29 bits per heavy atom. The third-order valence-corrected chi connectivity index (χ3v) is 2.26. The van der Waals surface area contributed by atoms with Crippen molar-refractivity contribution in [1.29, 1.82) is 0 Å². The Bertz CT molecular complexity index is 444. The van der Waals surface area contributed by atoms with Crippen LogP contribution in [0.4, 0.5) is 0 Å². The Morgan fingerprint density at radius 1 is 1.50 bits per heavy atom. The van der Waals surface area contributed by atoms with E-state index in [1.807, 2.05) is 6.20 Å². The first-order valence-electron chi connectivity index (χ1n) is 4.75. The van der Waals surface area contributed by atoms with Crippen molar-refractivity contribution in [1.82, 2.24) is 14.4 Å². The number of hydrogen-bond donors (Lipinski definition) is 1. The first kappa shape index (κ1) is 9.15. The lowest BCUT2D eigenvalue weighted by Gasteiger charge is -2.02. The molecule has 4 nitrogen and oxygen atoms in total. The van der Waals surface area contributed by atoms with Gasteiger partial charge in [0.15, 0.2) is 0 Å². The lowest BCUT2D eigenvalue weighted by molar-refractivity contribution is 0.764.